The molecular formula is C29H28N2O7. The van der Waals surface area contributed by atoms with Crippen molar-refractivity contribution in [2.75, 3.05) is 20.3 Å². The predicted octanol–water partition coefficient (Wildman–Crippen LogP) is 5.37. The highest BCUT2D eigenvalue weighted by Crippen LogP contribution is 2.26. The summed E-state index contributed by atoms with van der Waals surface area (Å²) in [6.07, 6.45) is -0.151. The molecule has 0 aliphatic rings. The van der Waals surface area contributed by atoms with Gasteiger partial charge in [0.1, 0.15) is 35.2 Å². The molecule has 0 bridgehead atoms. The number of aliphatic carboxylic acids is 1. The Bertz CT molecular complexity index is 1350. The Kier molecular flexibility index (Phi) is 8.61. The van der Waals surface area contributed by atoms with Crippen LogP contribution in [0, 0.1) is 6.92 Å². The van der Waals surface area contributed by atoms with Crippen LogP contribution in [-0.2, 0) is 17.8 Å². The number of carbonyl (C=O) groups is 2. The van der Waals surface area contributed by atoms with Crippen LogP contribution in [0.1, 0.15) is 16.9 Å². The van der Waals surface area contributed by atoms with E-state index in [0.29, 0.717) is 24.5 Å². The first-order valence-corrected chi connectivity index (χ1v) is 12.0. The summed E-state index contributed by atoms with van der Waals surface area (Å²) in [5.41, 5.74) is 3.52. The van der Waals surface area contributed by atoms with E-state index in [-0.39, 0.29) is 12.3 Å². The molecule has 4 rings (SSSR count). The van der Waals surface area contributed by atoms with Crippen LogP contribution in [0.25, 0.3) is 11.3 Å². The van der Waals surface area contributed by atoms with E-state index < -0.39 is 18.6 Å². The van der Waals surface area contributed by atoms with Crippen LogP contribution in [0.2, 0.25) is 0 Å². The number of carboxylic acid groups (broad SMARTS) is 1. The first-order valence-electron chi connectivity index (χ1n) is 12.0. The summed E-state index contributed by atoms with van der Waals surface area (Å²) in [6, 6.07) is 23.4. The molecule has 3 aromatic carbocycles. The zero-order chi connectivity index (χ0) is 26.9. The van der Waals surface area contributed by atoms with Gasteiger partial charge < -0.3 is 23.8 Å². The Hall–Kier alpha value is -4.79. The van der Waals surface area contributed by atoms with Crippen LogP contribution in [0.5, 0.6) is 17.2 Å². The lowest BCUT2D eigenvalue weighted by atomic mass is 10.0. The maximum atomic E-state index is 12.7. The molecule has 1 amide bonds. The fraction of sp³-hybridized carbons (Fsp3) is 0.207. The van der Waals surface area contributed by atoms with Crippen molar-refractivity contribution in [1.82, 2.24) is 10.1 Å². The lowest BCUT2D eigenvalue weighted by Crippen LogP contribution is -2.37. The summed E-state index contributed by atoms with van der Waals surface area (Å²) in [5, 5.41) is 13.5. The van der Waals surface area contributed by atoms with E-state index in [1.165, 1.54) is 7.11 Å². The number of benzene rings is 3. The molecule has 0 spiro atoms. The van der Waals surface area contributed by atoms with Crippen LogP contribution in [-0.4, -0.2) is 47.5 Å². The molecule has 0 unspecified atom stereocenters. The van der Waals surface area contributed by atoms with Gasteiger partial charge in [-0.1, -0.05) is 47.6 Å². The summed E-state index contributed by atoms with van der Waals surface area (Å²) >= 11 is 0. The molecule has 0 fully saturated rings. The van der Waals surface area contributed by atoms with Crippen molar-refractivity contribution >= 4 is 12.1 Å². The summed E-state index contributed by atoms with van der Waals surface area (Å²) in [6.45, 7) is 1.85. The number of rotatable bonds is 11. The maximum Gasteiger partial charge on any atom is 0.416 e. The van der Waals surface area contributed by atoms with Crippen LogP contribution in [0.3, 0.4) is 0 Å². The zero-order valence-electron chi connectivity index (χ0n) is 21.1. The average molecular weight is 517 g/mol. The van der Waals surface area contributed by atoms with E-state index in [4.69, 9.17) is 18.7 Å². The van der Waals surface area contributed by atoms with E-state index in [1.54, 1.807) is 48.5 Å². The standard InChI is InChI=1S/C29H28N2O7/c1-20-26(28(30-38-20)22-6-4-3-5-7-22)16-17-36-24-10-8-21(9-11-24)18-31(19-27(32)33)29(34)37-25-14-12-23(35-2)13-15-25/h3-15H,16-19H2,1-2H3,(H,32,33). The minimum Gasteiger partial charge on any atom is -0.497 e. The first kappa shape index (κ1) is 26.3. The number of carbonyl (C=O) groups excluding carboxylic acids is 1. The normalized spacial score (nSPS) is 10.6. The number of aromatic nitrogens is 1. The Morgan fingerprint density at radius 1 is 0.921 bits per heavy atom. The molecule has 0 atom stereocenters. The molecule has 9 heteroatoms. The second kappa shape index (κ2) is 12.4. The molecule has 0 aliphatic heterocycles. The van der Waals surface area contributed by atoms with Crippen molar-refractivity contribution in [3.63, 3.8) is 0 Å². The van der Waals surface area contributed by atoms with Crippen molar-refractivity contribution in [1.29, 1.82) is 0 Å². The van der Waals surface area contributed by atoms with Gasteiger partial charge in [0.15, 0.2) is 0 Å². The maximum absolute atomic E-state index is 12.7. The quantitative estimate of drug-likeness (QED) is 0.283. The fourth-order valence-electron chi connectivity index (χ4n) is 3.85. The third-order valence-electron chi connectivity index (χ3n) is 5.80. The van der Waals surface area contributed by atoms with Crippen LogP contribution in [0.4, 0.5) is 4.79 Å². The van der Waals surface area contributed by atoms with Crippen molar-refractivity contribution in [2.24, 2.45) is 0 Å². The van der Waals surface area contributed by atoms with Gasteiger partial charge >= 0.3 is 12.1 Å². The number of hydrogen-bond acceptors (Lipinski definition) is 7. The first-order chi connectivity index (χ1) is 18.4. The third-order valence-corrected chi connectivity index (χ3v) is 5.80. The number of ether oxygens (including phenoxy) is 3. The Morgan fingerprint density at radius 2 is 1.58 bits per heavy atom. The van der Waals surface area contributed by atoms with Crippen LogP contribution in [0.15, 0.2) is 83.4 Å². The SMILES string of the molecule is COc1ccc(OC(=O)N(CC(=O)O)Cc2ccc(OCCc3c(-c4ccccc4)noc3C)cc2)cc1. The van der Waals surface area contributed by atoms with Crippen molar-refractivity contribution in [2.45, 2.75) is 19.9 Å². The van der Waals surface area contributed by atoms with Gasteiger partial charge in [0.05, 0.1) is 13.7 Å². The smallest absolute Gasteiger partial charge is 0.416 e. The number of aryl methyl sites for hydroxylation is 1. The van der Waals surface area contributed by atoms with Gasteiger partial charge in [-0.15, -0.1) is 0 Å². The largest absolute Gasteiger partial charge is 0.497 e. The molecule has 1 N–H and O–H groups in total. The van der Waals surface area contributed by atoms with Gasteiger partial charge in [0.2, 0.25) is 0 Å². The van der Waals surface area contributed by atoms with Gasteiger partial charge in [0.25, 0.3) is 0 Å². The Morgan fingerprint density at radius 3 is 2.24 bits per heavy atom. The number of carboxylic acids is 1. The van der Waals surface area contributed by atoms with Gasteiger partial charge in [-0.25, -0.2) is 4.79 Å². The molecule has 0 aliphatic carbocycles. The molecule has 196 valence electrons. The molecule has 1 aromatic heterocycles. The molecule has 4 aromatic rings. The Balaban J connectivity index is 1.34. The molecule has 0 radical (unpaired) electrons. The molecule has 38 heavy (non-hydrogen) atoms. The van der Waals surface area contributed by atoms with E-state index in [9.17, 15) is 14.7 Å². The molecule has 0 saturated carbocycles. The molecular weight excluding hydrogens is 488 g/mol. The van der Waals surface area contributed by atoms with Crippen molar-refractivity contribution < 1.29 is 33.4 Å². The number of hydrogen-bond donors (Lipinski definition) is 1. The van der Waals surface area contributed by atoms with E-state index in [0.717, 1.165) is 33.0 Å². The second-order valence-corrected chi connectivity index (χ2v) is 8.47. The Labute approximate surface area is 220 Å². The lowest BCUT2D eigenvalue weighted by Gasteiger charge is -2.20. The predicted molar refractivity (Wildman–Crippen MR) is 139 cm³/mol. The van der Waals surface area contributed by atoms with Gasteiger partial charge in [-0.2, -0.15) is 0 Å². The number of amides is 1. The highest BCUT2D eigenvalue weighted by atomic mass is 16.6. The molecule has 9 nitrogen and oxygen atoms in total. The number of methoxy groups -OCH3 is 1. The average Bonchev–Trinajstić information content (AvgIpc) is 3.30. The minimum absolute atomic E-state index is 0.0574. The van der Waals surface area contributed by atoms with Crippen LogP contribution < -0.4 is 14.2 Å². The zero-order valence-corrected chi connectivity index (χ0v) is 21.1. The summed E-state index contributed by atoms with van der Waals surface area (Å²) in [5.74, 6) is 1.16. The minimum atomic E-state index is -1.14. The lowest BCUT2D eigenvalue weighted by molar-refractivity contribution is -0.138. The van der Waals surface area contributed by atoms with Crippen molar-refractivity contribution in [3.05, 3.63) is 95.7 Å². The van der Waals surface area contributed by atoms with Crippen LogP contribution >= 0.6 is 0 Å². The third kappa shape index (κ3) is 6.91. The summed E-state index contributed by atoms with van der Waals surface area (Å²) in [7, 11) is 1.53. The highest BCUT2D eigenvalue weighted by Gasteiger charge is 2.20. The second-order valence-electron chi connectivity index (χ2n) is 8.47. The van der Waals surface area contributed by atoms with Gasteiger partial charge in [-0.3, -0.25) is 9.69 Å². The summed E-state index contributed by atoms with van der Waals surface area (Å²) < 4.78 is 21.8. The molecule has 0 saturated heterocycles. The van der Waals surface area contributed by atoms with E-state index >= 15 is 0 Å². The monoisotopic (exact) mass is 516 g/mol. The van der Waals surface area contributed by atoms with E-state index in [1.807, 2.05) is 37.3 Å². The van der Waals surface area contributed by atoms with Gasteiger partial charge in [0, 0.05) is 24.1 Å². The molecule has 1 heterocycles. The highest BCUT2D eigenvalue weighted by molar-refractivity contribution is 5.78. The number of nitrogens with zero attached hydrogens (tertiary/aromatic N) is 2. The summed E-state index contributed by atoms with van der Waals surface area (Å²) in [4.78, 5) is 25.1. The van der Waals surface area contributed by atoms with E-state index in [2.05, 4.69) is 5.16 Å². The topological polar surface area (TPSA) is 111 Å². The van der Waals surface area contributed by atoms with Crippen molar-refractivity contribution in [3.8, 4) is 28.5 Å². The van der Waals surface area contributed by atoms with Gasteiger partial charge in [-0.05, 0) is 48.9 Å². The fourth-order valence-corrected chi connectivity index (χ4v) is 3.85.